The summed E-state index contributed by atoms with van der Waals surface area (Å²) in [6.45, 7) is 6.05. The van der Waals surface area contributed by atoms with Crippen molar-refractivity contribution in [3.05, 3.63) is 29.8 Å². The topological polar surface area (TPSA) is 68.6 Å². The molecule has 2 aliphatic rings. The Labute approximate surface area is 181 Å². The van der Waals surface area contributed by atoms with Gasteiger partial charge in [0.1, 0.15) is 0 Å². The third kappa shape index (κ3) is 7.00. The zero-order valence-electron chi connectivity index (χ0n) is 18.3. The van der Waals surface area contributed by atoms with Gasteiger partial charge in [-0.2, -0.15) is 5.26 Å². The van der Waals surface area contributed by atoms with Crippen molar-refractivity contribution in [1.82, 2.24) is 10.2 Å². The molecule has 6 heteroatoms. The van der Waals surface area contributed by atoms with E-state index in [2.05, 4.69) is 27.3 Å². The molecule has 1 amide bonds. The van der Waals surface area contributed by atoms with Gasteiger partial charge in [0.15, 0.2) is 0 Å². The number of rotatable bonds is 9. The van der Waals surface area contributed by atoms with Crippen molar-refractivity contribution >= 4 is 11.6 Å². The number of benzene rings is 1. The van der Waals surface area contributed by atoms with E-state index in [0.717, 1.165) is 62.6 Å². The number of hydrogen-bond donors (Lipinski definition) is 1. The number of nitrogens with zero attached hydrogens (tertiary/aromatic N) is 3. The highest BCUT2D eigenvalue weighted by molar-refractivity contribution is 5.76. The van der Waals surface area contributed by atoms with E-state index in [4.69, 9.17) is 10.00 Å². The van der Waals surface area contributed by atoms with Crippen LogP contribution in [0.4, 0.5) is 5.69 Å². The smallest absolute Gasteiger partial charge is 0.220 e. The van der Waals surface area contributed by atoms with Crippen LogP contribution >= 0.6 is 0 Å². The number of carbonyl (C=O) groups is 1. The number of anilines is 1. The molecule has 1 saturated heterocycles. The first-order valence-electron chi connectivity index (χ1n) is 11.4. The lowest BCUT2D eigenvalue weighted by molar-refractivity contribution is -0.122. The summed E-state index contributed by atoms with van der Waals surface area (Å²) >= 11 is 0. The molecular weight excluding hydrogens is 376 g/mol. The van der Waals surface area contributed by atoms with Gasteiger partial charge in [-0.25, -0.2) is 0 Å². The van der Waals surface area contributed by atoms with Crippen LogP contribution in [-0.4, -0.2) is 63.3 Å². The summed E-state index contributed by atoms with van der Waals surface area (Å²) < 4.78 is 5.01. The number of amides is 1. The first-order chi connectivity index (χ1) is 14.7. The van der Waals surface area contributed by atoms with Crippen molar-refractivity contribution < 1.29 is 9.53 Å². The van der Waals surface area contributed by atoms with Crippen molar-refractivity contribution in [2.45, 2.75) is 51.0 Å². The van der Waals surface area contributed by atoms with Crippen LogP contribution in [0.25, 0.3) is 0 Å². The second kappa shape index (κ2) is 11.9. The third-order valence-electron chi connectivity index (χ3n) is 6.53. The molecule has 0 bridgehead atoms. The van der Waals surface area contributed by atoms with Crippen LogP contribution in [0.15, 0.2) is 24.3 Å². The Morgan fingerprint density at radius 1 is 1.20 bits per heavy atom. The monoisotopic (exact) mass is 412 g/mol. The van der Waals surface area contributed by atoms with Gasteiger partial charge in [-0.05, 0) is 69.2 Å². The van der Waals surface area contributed by atoms with Gasteiger partial charge in [0.2, 0.25) is 5.91 Å². The zero-order chi connectivity index (χ0) is 21.2. The number of nitriles is 1. The van der Waals surface area contributed by atoms with Gasteiger partial charge in [-0.3, -0.25) is 9.69 Å². The number of hydrogen-bond acceptors (Lipinski definition) is 5. The van der Waals surface area contributed by atoms with Crippen LogP contribution < -0.4 is 10.2 Å². The van der Waals surface area contributed by atoms with E-state index in [-0.39, 0.29) is 5.91 Å². The molecule has 1 aromatic carbocycles. The van der Waals surface area contributed by atoms with Gasteiger partial charge in [-0.15, -0.1) is 0 Å². The number of carbonyl (C=O) groups excluding carboxylic acids is 1. The summed E-state index contributed by atoms with van der Waals surface area (Å²) in [5.74, 6) is 0.964. The molecule has 0 radical (unpaired) electrons. The van der Waals surface area contributed by atoms with E-state index >= 15 is 0 Å². The molecule has 30 heavy (non-hydrogen) atoms. The Morgan fingerprint density at radius 2 is 1.97 bits per heavy atom. The van der Waals surface area contributed by atoms with Crippen LogP contribution in [0.2, 0.25) is 0 Å². The van der Waals surface area contributed by atoms with Crippen molar-refractivity contribution in [2.24, 2.45) is 5.92 Å². The second-order valence-electron chi connectivity index (χ2n) is 8.66. The normalized spacial score (nSPS) is 22.5. The molecule has 1 N–H and O–H groups in total. The predicted octanol–water partition coefficient (Wildman–Crippen LogP) is 3.17. The quantitative estimate of drug-likeness (QED) is 0.631. The highest BCUT2D eigenvalue weighted by Crippen LogP contribution is 2.27. The standard InChI is InChI=1S/C24H36N4O2/c1-30-17-3-6-24(29)26-22-9-7-20(8-10-22)11-12-27-13-15-28(16-14-27)23-5-2-4-21(18-23)19-25/h2,4-5,18,20,22H,3,6-17H2,1H3,(H,26,29). The number of piperazine rings is 1. The summed E-state index contributed by atoms with van der Waals surface area (Å²) in [4.78, 5) is 16.9. The molecule has 1 aliphatic carbocycles. The van der Waals surface area contributed by atoms with Crippen molar-refractivity contribution in [2.75, 3.05) is 51.3 Å². The van der Waals surface area contributed by atoms with E-state index < -0.39 is 0 Å². The van der Waals surface area contributed by atoms with Gasteiger partial charge in [-0.1, -0.05) is 6.07 Å². The van der Waals surface area contributed by atoms with E-state index in [1.54, 1.807) is 7.11 Å². The molecule has 0 spiro atoms. The van der Waals surface area contributed by atoms with E-state index in [1.165, 1.54) is 25.8 Å². The van der Waals surface area contributed by atoms with Crippen LogP contribution in [0.3, 0.4) is 0 Å². The minimum absolute atomic E-state index is 0.175. The summed E-state index contributed by atoms with van der Waals surface area (Å²) in [6.07, 6.45) is 7.31. The fourth-order valence-corrected chi connectivity index (χ4v) is 4.64. The predicted molar refractivity (Wildman–Crippen MR) is 119 cm³/mol. The molecule has 6 nitrogen and oxygen atoms in total. The summed E-state index contributed by atoms with van der Waals surface area (Å²) in [7, 11) is 1.67. The van der Waals surface area contributed by atoms with Crippen LogP contribution in [0, 0.1) is 17.2 Å². The highest BCUT2D eigenvalue weighted by atomic mass is 16.5. The maximum Gasteiger partial charge on any atom is 0.220 e. The van der Waals surface area contributed by atoms with E-state index in [0.29, 0.717) is 19.1 Å². The molecule has 3 rings (SSSR count). The minimum atomic E-state index is 0.175. The lowest BCUT2D eigenvalue weighted by Gasteiger charge is -2.37. The van der Waals surface area contributed by atoms with Gasteiger partial charge in [0.25, 0.3) is 0 Å². The molecule has 1 saturated carbocycles. The van der Waals surface area contributed by atoms with Gasteiger partial charge in [0, 0.05) is 58.0 Å². The van der Waals surface area contributed by atoms with Crippen molar-refractivity contribution in [1.29, 1.82) is 5.26 Å². The SMILES string of the molecule is COCCCC(=O)NC1CCC(CCN2CCN(c3cccc(C#N)c3)CC2)CC1. The molecule has 164 valence electrons. The fourth-order valence-electron chi connectivity index (χ4n) is 4.64. The molecule has 1 heterocycles. The van der Waals surface area contributed by atoms with Gasteiger partial charge < -0.3 is 15.0 Å². The van der Waals surface area contributed by atoms with Crippen molar-refractivity contribution in [3.63, 3.8) is 0 Å². The van der Waals surface area contributed by atoms with Crippen LogP contribution in [0.5, 0.6) is 0 Å². The molecule has 1 aliphatic heterocycles. The number of ether oxygens (including phenoxy) is 1. The second-order valence-corrected chi connectivity index (χ2v) is 8.66. The summed E-state index contributed by atoms with van der Waals surface area (Å²) in [5.41, 5.74) is 1.90. The maximum absolute atomic E-state index is 12.0. The first kappa shape index (κ1) is 22.6. The van der Waals surface area contributed by atoms with Gasteiger partial charge in [0.05, 0.1) is 11.6 Å². The summed E-state index contributed by atoms with van der Waals surface area (Å²) in [5, 5.41) is 12.3. The third-order valence-corrected chi connectivity index (χ3v) is 6.53. The molecule has 2 fully saturated rings. The lowest BCUT2D eigenvalue weighted by Crippen LogP contribution is -2.47. The highest BCUT2D eigenvalue weighted by Gasteiger charge is 2.24. The van der Waals surface area contributed by atoms with E-state index in [9.17, 15) is 4.79 Å². The first-order valence-corrected chi connectivity index (χ1v) is 11.4. The molecule has 0 unspecified atom stereocenters. The molecule has 0 aromatic heterocycles. The Kier molecular flexibility index (Phi) is 8.98. The Hall–Kier alpha value is -2.10. The van der Waals surface area contributed by atoms with Gasteiger partial charge >= 0.3 is 0 Å². The fraction of sp³-hybridized carbons (Fsp3) is 0.667. The maximum atomic E-state index is 12.0. The molecular formula is C24H36N4O2. The van der Waals surface area contributed by atoms with Crippen molar-refractivity contribution in [3.8, 4) is 6.07 Å². The molecule has 0 atom stereocenters. The largest absolute Gasteiger partial charge is 0.385 e. The Morgan fingerprint density at radius 3 is 2.67 bits per heavy atom. The van der Waals surface area contributed by atoms with Crippen LogP contribution in [0.1, 0.15) is 50.5 Å². The lowest BCUT2D eigenvalue weighted by atomic mass is 9.84. The Bertz CT molecular complexity index is 701. The summed E-state index contributed by atoms with van der Waals surface area (Å²) in [6, 6.07) is 10.5. The molecule has 1 aromatic rings. The zero-order valence-corrected chi connectivity index (χ0v) is 18.3. The minimum Gasteiger partial charge on any atom is -0.385 e. The van der Waals surface area contributed by atoms with Crippen LogP contribution in [-0.2, 0) is 9.53 Å². The average molecular weight is 413 g/mol. The Balaban J connectivity index is 1.30. The average Bonchev–Trinajstić information content (AvgIpc) is 2.79. The number of methoxy groups -OCH3 is 1. The van der Waals surface area contributed by atoms with E-state index in [1.807, 2.05) is 18.2 Å². The number of nitrogens with one attached hydrogen (secondary N) is 1.